The van der Waals surface area contributed by atoms with Crippen LogP contribution in [0.25, 0.3) is 11.0 Å². The number of aromatic nitrogens is 3. The normalized spacial score (nSPS) is 10.9. The summed E-state index contributed by atoms with van der Waals surface area (Å²) in [6.07, 6.45) is 1.51. The molecule has 0 spiro atoms. The lowest BCUT2D eigenvalue weighted by Crippen LogP contribution is -2.00. The second-order valence-electron chi connectivity index (χ2n) is 7.66. The maximum absolute atomic E-state index is 13.5. The van der Waals surface area contributed by atoms with E-state index < -0.39 is 0 Å². The van der Waals surface area contributed by atoms with Gasteiger partial charge in [0.2, 0.25) is 0 Å². The quantitative estimate of drug-likeness (QED) is 0.279. The summed E-state index contributed by atoms with van der Waals surface area (Å²) in [6, 6.07) is 26.3. The van der Waals surface area contributed by atoms with Crippen LogP contribution >= 0.6 is 11.8 Å². The third-order valence-electron chi connectivity index (χ3n) is 5.11. The molecule has 0 aliphatic rings. The van der Waals surface area contributed by atoms with Crippen molar-refractivity contribution in [2.45, 2.75) is 23.3 Å². The standard InChI is InChI=1S/C27H21FN4OS/c1-18-10-12-23-26(31-18)29-17-30-27(23)32-24-15-21(33-16-19-6-5-7-20(28)14-19)11-13-25(24)34-22-8-3-2-4-9-22/h2-15,17H,16H2,1H3,(H,29,30,31,32). The molecule has 1 N–H and O–H groups in total. The smallest absolute Gasteiger partial charge is 0.164 e. The van der Waals surface area contributed by atoms with Gasteiger partial charge in [-0.05, 0) is 61.0 Å². The summed E-state index contributed by atoms with van der Waals surface area (Å²) in [6.45, 7) is 2.20. The van der Waals surface area contributed by atoms with E-state index in [1.165, 1.54) is 18.5 Å². The number of hydrogen-bond donors (Lipinski definition) is 1. The molecule has 0 radical (unpaired) electrons. The highest BCUT2D eigenvalue weighted by Crippen LogP contribution is 2.37. The fourth-order valence-electron chi connectivity index (χ4n) is 3.46. The largest absolute Gasteiger partial charge is 0.489 e. The van der Waals surface area contributed by atoms with Gasteiger partial charge in [-0.15, -0.1) is 0 Å². The molecular formula is C27H21FN4OS. The van der Waals surface area contributed by atoms with Crippen molar-refractivity contribution in [3.05, 3.63) is 108 Å². The first-order valence-electron chi connectivity index (χ1n) is 10.7. The fraction of sp³-hybridized carbons (Fsp3) is 0.0741. The molecule has 7 heteroatoms. The van der Waals surface area contributed by atoms with Crippen LogP contribution in [0.3, 0.4) is 0 Å². The summed E-state index contributed by atoms with van der Waals surface area (Å²) in [4.78, 5) is 15.4. The van der Waals surface area contributed by atoms with Gasteiger partial charge in [-0.2, -0.15) is 0 Å². The second kappa shape index (κ2) is 9.89. The number of nitrogens with zero attached hydrogens (tertiary/aromatic N) is 3. The summed E-state index contributed by atoms with van der Waals surface area (Å²) in [5.41, 5.74) is 3.13. The van der Waals surface area contributed by atoms with Crippen LogP contribution in [0.2, 0.25) is 0 Å². The lowest BCUT2D eigenvalue weighted by Gasteiger charge is -2.15. The molecule has 0 aliphatic heterocycles. The molecule has 0 saturated carbocycles. The molecule has 2 aromatic heterocycles. The Labute approximate surface area is 201 Å². The minimum Gasteiger partial charge on any atom is -0.489 e. The number of ether oxygens (including phenoxy) is 1. The molecule has 0 amide bonds. The Morgan fingerprint density at radius 2 is 1.79 bits per heavy atom. The third-order valence-corrected chi connectivity index (χ3v) is 6.19. The van der Waals surface area contributed by atoms with Gasteiger partial charge in [-0.3, -0.25) is 0 Å². The number of benzene rings is 3. The van der Waals surface area contributed by atoms with Gasteiger partial charge >= 0.3 is 0 Å². The van der Waals surface area contributed by atoms with Gasteiger partial charge in [-0.1, -0.05) is 42.1 Å². The van der Waals surface area contributed by atoms with Crippen LogP contribution in [-0.2, 0) is 6.61 Å². The molecule has 0 aliphatic carbocycles. The molecular weight excluding hydrogens is 447 g/mol. The SMILES string of the molecule is Cc1ccc2c(Nc3cc(OCc4cccc(F)c4)ccc3Sc3ccccc3)ncnc2n1. The number of hydrogen-bond acceptors (Lipinski definition) is 6. The number of halogens is 1. The van der Waals surface area contributed by atoms with Crippen molar-refractivity contribution in [2.24, 2.45) is 0 Å². The van der Waals surface area contributed by atoms with Crippen molar-refractivity contribution in [1.82, 2.24) is 15.0 Å². The Hall–Kier alpha value is -3.97. The van der Waals surface area contributed by atoms with Crippen molar-refractivity contribution in [3.63, 3.8) is 0 Å². The molecule has 168 valence electrons. The Morgan fingerprint density at radius 1 is 0.912 bits per heavy atom. The highest BCUT2D eigenvalue weighted by Gasteiger charge is 2.11. The zero-order chi connectivity index (χ0) is 23.3. The molecule has 5 nitrogen and oxygen atoms in total. The molecule has 5 aromatic rings. The second-order valence-corrected chi connectivity index (χ2v) is 8.78. The van der Waals surface area contributed by atoms with Crippen LogP contribution in [0.1, 0.15) is 11.3 Å². The molecule has 3 aromatic carbocycles. The third kappa shape index (κ3) is 5.15. The Kier molecular flexibility index (Phi) is 6.35. The molecule has 5 rings (SSSR count). The van der Waals surface area contributed by atoms with E-state index in [1.54, 1.807) is 17.8 Å². The van der Waals surface area contributed by atoms with Gasteiger partial charge in [0.05, 0.1) is 11.1 Å². The zero-order valence-electron chi connectivity index (χ0n) is 18.4. The Morgan fingerprint density at radius 3 is 2.65 bits per heavy atom. The fourth-order valence-corrected chi connectivity index (χ4v) is 4.36. The first-order chi connectivity index (χ1) is 16.6. The molecule has 2 heterocycles. The van der Waals surface area contributed by atoms with Crippen LogP contribution < -0.4 is 10.1 Å². The predicted octanol–water partition coefficient (Wildman–Crippen LogP) is 6.95. The highest BCUT2D eigenvalue weighted by atomic mass is 32.2. The lowest BCUT2D eigenvalue weighted by molar-refractivity contribution is 0.305. The van der Waals surface area contributed by atoms with E-state index in [1.807, 2.05) is 61.5 Å². The Bertz CT molecular complexity index is 1450. The Balaban J connectivity index is 1.48. The average Bonchev–Trinajstić information content (AvgIpc) is 2.85. The van der Waals surface area contributed by atoms with Gasteiger partial charge in [0, 0.05) is 21.6 Å². The van der Waals surface area contributed by atoms with Gasteiger partial charge in [0.1, 0.15) is 30.3 Å². The topological polar surface area (TPSA) is 59.9 Å². The summed E-state index contributed by atoms with van der Waals surface area (Å²) in [7, 11) is 0. The van der Waals surface area contributed by atoms with E-state index in [0.29, 0.717) is 17.2 Å². The summed E-state index contributed by atoms with van der Waals surface area (Å²) >= 11 is 1.64. The van der Waals surface area contributed by atoms with Crippen molar-refractivity contribution in [3.8, 4) is 5.75 Å². The first kappa shape index (κ1) is 21.9. The molecule has 0 atom stereocenters. The summed E-state index contributed by atoms with van der Waals surface area (Å²) in [5, 5.41) is 4.28. The van der Waals surface area contributed by atoms with Crippen LogP contribution in [0.4, 0.5) is 15.9 Å². The highest BCUT2D eigenvalue weighted by molar-refractivity contribution is 7.99. The lowest BCUT2D eigenvalue weighted by atomic mass is 10.2. The van der Waals surface area contributed by atoms with Crippen LogP contribution in [0.5, 0.6) is 5.75 Å². The van der Waals surface area contributed by atoms with E-state index in [0.717, 1.165) is 32.1 Å². The van der Waals surface area contributed by atoms with Crippen molar-refractivity contribution in [1.29, 1.82) is 0 Å². The first-order valence-corrected chi connectivity index (χ1v) is 11.6. The molecule has 0 unspecified atom stereocenters. The van der Waals surface area contributed by atoms with Crippen LogP contribution in [0, 0.1) is 12.7 Å². The van der Waals surface area contributed by atoms with Crippen molar-refractivity contribution in [2.75, 3.05) is 5.32 Å². The van der Waals surface area contributed by atoms with E-state index in [4.69, 9.17) is 4.74 Å². The van der Waals surface area contributed by atoms with Crippen molar-refractivity contribution >= 4 is 34.3 Å². The van der Waals surface area contributed by atoms with Gasteiger partial charge in [-0.25, -0.2) is 19.3 Å². The van der Waals surface area contributed by atoms with Gasteiger partial charge < -0.3 is 10.1 Å². The zero-order valence-corrected chi connectivity index (χ0v) is 19.2. The minimum absolute atomic E-state index is 0.266. The van der Waals surface area contributed by atoms with E-state index >= 15 is 0 Å². The monoisotopic (exact) mass is 468 g/mol. The van der Waals surface area contributed by atoms with Crippen LogP contribution in [0.15, 0.2) is 101 Å². The number of anilines is 2. The van der Waals surface area contributed by atoms with Crippen LogP contribution in [-0.4, -0.2) is 15.0 Å². The molecule has 0 fully saturated rings. The summed E-state index contributed by atoms with van der Waals surface area (Å²) in [5.74, 6) is 1.05. The maximum atomic E-state index is 13.5. The number of fused-ring (bicyclic) bond motifs is 1. The number of pyridine rings is 1. The average molecular weight is 469 g/mol. The molecule has 34 heavy (non-hydrogen) atoms. The van der Waals surface area contributed by atoms with E-state index in [9.17, 15) is 4.39 Å². The molecule has 0 bridgehead atoms. The van der Waals surface area contributed by atoms with E-state index in [-0.39, 0.29) is 12.4 Å². The number of aryl methyl sites for hydroxylation is 1. The van der Waals surface area contributed by atoms with Gasteiger partial charge in [0.25, 0.3) is 0 Å². The number of rotatable bonds is 7. The predicted molar refractivity (Wildman–Crippen MR) is 133 cm³/mol. The maximum Gasteiger partial charge on any atom is 0.164 e. The summed E-state index contributed by atoms with van der Waals surface area (Å²) < 4.78 is 19.5. The van der Waals surface area contributed by atoms with E-state index in [2.05, 4.69) is 32.4 Å². The molecule has 0 saturated heterocycles. The van der Waals surface area contributed by atoms with Gasteiger partial charge in [0.15, 0.2) is 5.65 Å². The van der Waals surface area contributed by atoms with Crippen molar-refractivity contribution < 1.29 is 9.13 Å². The number of nitrogens with one attached hydrogen (secondary N) is 1. The minimum atomic E-state index is -0.280.